The summed E-state index contributed by atoms with van der Waals surface area (Å²) in [6, 6.07) is 13.7. The molecule has 1 heterocycles. The fraction of sp³-hybridized carbons (Fsp3) is 0.500. The standard InChI is InChI=1S/C28H33BrF3N5O/c1-37(2)25-21-7-3-4-8-22(21)35-26(36-25)34-20-11-13-27(14-12-20)17-24(27)33-15-5-6-18-9-10-19(29)16-23(18)38-28(30,31)32/h3-4,7-10,16,20,24,33H,5-6,11-15,17H2,1-2H3,(H,34,35,36)/t20?,24-,27?/m1/s1. The lowest BCUT2D eigenvalue weighted by Crippen LogP contribution is -2.32. The van der Waals surface area contributed by atoms with Crippen LogP contribution in [-0.2, 0) is 6.42 Å². The fourth-order valence-electron chi connectivity index (χ4n) is 5.68. The maximum absolute atomic E-state index is 12.8. The van der Waals surface area contributed by atoms with Crippen LogP contribution in [0.3, 0.4) is 0 Å². The minimum absolute atomic E-state index is 0.131. The van der Waals surface area contributed by atoms with Crippen molar-refractivity contribution in [3.8, 4) is 5.75 Å². The highest BCUT2D eigenvalue weighted by molar-refractivity contribution is 9.10. The molecule has 1 spiro atoms. The predicted molar refractivity (Wildman–Crippen MR) is 148 cm³/mol. The van der Waals surface area contributed by atoms with Crippen molar-refractivity contribution in [2.24, 2.45) is 5.41 Å². The zero-order chi connectivity index (χ0) is 26.9. The van der Waals surface area contributed by atoms with Crippen LogP contribution in [0.4, 0.5) is 24.9 Å². The zero-order valence-corrected chi connectivity index (χ0v) is 23.2. The number of nitrogens with one attached hydrogen (secondary N) is 2. The van der Waals surface area contributed by atoms with Gasteiger partial charge in [0.15, 0.2) is 0 Å². The number of nitrogens with zero attached hydrogens (tertiary/aromatic N) is 3. The van der Waals surface area contributed by atoms with Crippen molar-refractivity contribution in [2.45, 2.75) is 63.4 Å². The molecule has 38 heavy (non-hydrogen) atoms. The molecule has 0 unspecified atom stereocenters. The average Bonchev–Trinajstić information content (AvgIpc) is 3.54. The van der Waals surface area contributed by atoms with Gasteiger partial charge < -0.3 is 20.3 Å². The maximum Gasteiger partial charge on any atom is 0.573 e. The molecule has 2 fully saturated rings. The monoisotopic (exact) mass is 591 g/mol. The number of halogens is 4. The van der Waals surface area contributed by atoms with Crippen LogP contribution in [0, 0.1) is 5.41 Å². The number of fused-ring (bicyclic) bond motifs is 1. The van der Waals surface area contributed by atoms with Crippen LogP contribution in [0.1, 0.15) is 44.1 Å². The van der Waals surface area contributed by atoms with Gasteiger partial charge in [-0.3, -0.25) is 0 Å². The van der Waals surface area contributed by atoms with Gasteiger partial charge in [0, 0.05) is 36.0 Å². The lowest BCUT2D eigenvalue weighted by molar-refractivity contribution is -0.274. The van der Waals surface area contributed by atoms with E-state index in [2.05, 4.69) is 31.3 Å². The van der Waals surface area contributed by atoms with E-state index in [4.69, 9.17) is 9.97 Å². The first-order valence-corrected chi connectivity index (χ1v) is 13.9. The lowest BCUT2D eigenvalue weighted by atomic mass is 9.83. The quantitative estimate of drug-likeness (QED) is 0.270. The van der Waals surface area contributed by atoms with Gasteiger partial charge in [0.05, 0.1) is 5.52 Å². The van der Waals surface area contributed by atoms with Crippen LogP contribution in [0.25, 0.3) is 10.9 Å². The van der Waals surface area contributed by atoms with Crippen molar-refractivity contribution in [3.05, 3.63) is 52.5 Å². The van der Waals surface area contributed by atoms with E-state index in [1.807, 2.05) is 43.3 Å². The molecule has 5 rings (SSSR count). The smallest absolute Gasteiger partial charge is 0.405 e. The molecule has 1 atom stereocenters. The highest BCUT2D eigenvalue weighted by Gasteiger charge is 2.54. The fourth-order valence-corrected chi connectivity index (χ4v) is 6.02. The third-order valence-electron chi connectivity index (χ3n) is 7.78. The second kappa shape index (κ2) is 10.9. The third-order valence-corrected chi connectivity index (χ3v) is 8.27. The summed E-state index contributed by atoms with van der Waals surface area (Å²) in [5.41, 5.74) is 1.85. The molecule has 1 aromatic heterocycles. The normalized spacial score (nSPS) is 23.0. The molecule has 2 aliphatic rings. The Morgan fingerprint density at radius 1 is 1.11 bits per heavy atom. The first-order valence-electron chi connectivity index (χ1n) is 13.1. The minimum Gasteiger partial charge on any atom is -0.405 e. The van der Waals surface area contributed by atoms with E-state index in [1.54, 1.807) is 12.1 Å². The van der Waals surface area contributed by atoms with E-state index in [-0.39, 0.29) is 5.75 Å². The Kier molecular flexibility index (Phi) is 7.73. The summed E-state index contributed by atoms with van der Waals surface area (Å²) >= 11 is 3.22. The van der Waals surface area contributed by atoms with Gasteiger partial charge in [0.2, 0.25) is 5.95 Å². The van der Waals surface area contributed by atoms with Crippen molar-refractivity contribution < 1.29 is 17.9 Å². The van der Waals surface area contributed by atoms with E-state index in [0.717, 1.165) is 61.8 Å². The third kappa shape index (κ3) is 6.34. The topological polar surface area (TPSA) is 62.3 Å². The molecule has 6 nitrogen and oxygen atoms in total. The molecule has 2 aliphatic carbocycles. The van der Waals surface area contributed by atoms with Crippen LogP contribution in [-0.4, -0.2) is 49.1 Å². The molecule has 0 amide bonds. The summed E-state index contributed by atoms with van der Waals surface area (Å²) in [6.07, 6.45) is 2.18. The molecule has 204 valence electrons. The van der Waals surface area contributed by atoms with Crippen molar-refractivity contribution in [1.82, 2.24) is 15.3 Å². The lowest BCUT2D eigenvalue weighted by Gasteiger charge is -2.30. The second-order valence-electron chi connectivity index (χ2n) is 10.7. The van der Waals surface area contributed by atoms with Gasteiger partial charge >= 0.3 is 6.36 Å². The van der Waals surface area contributed by atoms with Crippen LogP contribution in [0.2, 0.25) is 0 Å². The number of benzene rings is 2. The number of aromatic nitrogens is 2. The Balaban J connectivity index is 1.09. The van der Waals surface area contributed by atoms with E-state index < -0.39 is 6.36 Å². The highest BCUT2D eigenvalue weighted by atomic mass is 79.9. The molecule has 2 saturated carbocycles. The van der Waals surface area contributed by atoms with Crippen molar-refractivity contribution >= 4 is 38.6 Å². The number of hydrogen-bond acceptors (Lipinski definition) is 6. The Morgan fingerprint density at radius 3 is 2.61 bits per heavy atom. The van der Waals surface area contributed by atoms with Crippen LogP contribution < -0.4 is 20.3 Å². The number of rotatable bonds is 9. The number of ether oxygens (including phenoxy) is 1. The Bertz CT molecular complexity index is 1280. The first-order chi connectivity index (χ1) is 18.1. The minimum atomic E-state index is -4.70. The molecular formula is C28H33BrF3N5O. The molecule has 0 radical (unpaired) electrons. The predicted octanol–water partition coefficient (Wildman–Crippen LogP) is 6.69. The Morgan fingerprint density at radius 2 is 1.87 bits per heavy atom. The SMILES string of the molecule is CN(C)c1nc(NC2CCC3(CC2)C[C@H]3NCCCc2ccc(Br)cc2OC(F)(F)F)nc2ccccc12. The number of para-hydroxylation sites is 1. The van der Waals surface area contributed by atoms with E-state index in [1.165, 1.54) is 6.07 Å². The second-order valence-corrected chi connectivity index (χ2v) is 11.6. The van der Waals surface area contributed by atoms with E-state index in [9.17, 15) is 13.2 Å². The molecule has 0 aliphatic heterocycles. The first kappa shape index (κ1) is 27.0. The van der Waals surface area contributed by atoms with Gasteiger partial charge in [-0.15, -0.1) is 13.2 Å². The van der Waals surface area contributed by atoms with E-state index in [0.29, 0.717) is 39.9 Å². The summed E-state index contributed by atoms with van der Waals surface area (Å²) in [4.78, 5) is 11.6. The van der Waals surface area contributed by atoms with Crippen molar-refractivity contribution in [1.29, 1.82) is 0 Å². The zero-order valence-electron chi connectivity index (χ0n) is 21.6. The maximum atomic E-state index is 12.8. The largest absolute Gasteiger partial charge is 0.573 e. The van der Waals surface area contributed by atoms with Crippen LogP contribution in [0.5, 0.6) is 5.75 Å². The summed E-state index contributed by atoms with van der Waals surface area (Å²) in [7, 11) is 3.99. The Hall–Kier alpha value is -2.59. The van der Waals surface area contributed by atoms with Crippen molar-refractivity contribution in [3.63, 3.8) is 0 Å². The number of aryl methyl sites for hydroxylation is 1. The Labute approximate surface area is 229 Å². The summed E-state index contributed by atoms with van der Waals surface area (Å²) in [5.74, 6) is 1.46. The van der Waals surface area contributed by atoms with E-state index >= 15 is 0 Å². The van der Waals surface area contributed by atoms with Gasteiger partial charge in [0.25, 0.3) is 0 Å². The van der Waals surface area contributed by atoms with Crippen LogP contribution >= 0.6 is 15.9 Å². The van der Waals surface area contributed by atoms with Gasteiger partial charge in [-0.05, 0) is 86.7 Å². The summed E-state index contributed by atoms with van der Waals surface area (Å²) in [5, 5.41) is 8.27. The van der Waals surface area contributed by atoms with Gasteiger partial charge in [-0.25, -0.2) is 4.98 Å². The molecule has 10 heteroatoms. The van der Waals surface area contributed by atoms with Crippen LogP contribution in [0.15, 0.2) is 46.9 Å². The molecule has 0 bridgehead atoms. The number of hydrogen-bond donors (Lipinski definition) is 2. The van der Waals surface area contributed by atoms with Gasteiger partial charge in [-0.1, -0.05) is 34.1 Å². The summed E-state index contributed by atoms with van der Waals surface area (Å²) in [6.45, 7) is 0.772. The number of alkyl halides is 3. The average molecular weight is 593 g/mol. The molecule has 2 N–H and O–H groups in total. The summed E-state index contributed by atoms with van der Waals surface area (Å²) < 4.78 is 43.1. The van der Waals surface area contributed by atoms with Crippen molar-refractivity contribution in [2.75, 3.05) is 30.9 Å². The molecule has 0 saturated heterocycles. The molecular weight excluding hydrogens is 559 g/mol. The molecule has 3 aromatic rings. The highest BCUT2D eigenvalue weighted by Crippen LogP contribution is 2.56. The van der Waals surface area contributed by atoms with Gasteiger partial charge in [-0.2, -0.15) is 4.98 Å². The molecule has 2 aromatic carbocycles. The number of anilines is 2. The van der Waals surface area contributed by atoms with Gasteiger partial charge in [0.1, 0.15) is 11.6 Å².